The number of aromatic nitrogens is 5. The summed E-state index contributed by atoms with van der Waals surface area (Å²) < 4.78 is 3.70. The number of hydrogen-bond donors (Lipinski definition) is 0. The highest BCUT2D eigenvalue weighted by molar-refractivity contribution is 7.98. The van der Waals surface area contributed by atoms with E-state index in [2.05, 4.69) is 29.0 Å². The smallest absolute Gasteiger partial charge is 0.266 e. The van der Waals surface area contributed by atoms with Crippen LogP contribution in [0.4, 0.5) is 0 Å². The molecular weight excluding hydrogens is 418 g/mol. The van der Waals surface area contributed by atoms with E-state index >= 15 is 0 Å². The van der Waals surface area contributed by atoms with E-state index in [1.807, 2.05) is 66.9 Å². The van der Waals surface area contributed by atoms with Crippen LogP contribution < -0.4 is 5.56 Å². The van der Waals surface area contributed by atoms with Crippen LogP contribution in [0.2, 0.25) is 0 Å². The second kappa shape index (κ2) is 8.24. The van der Waals surface area contributed by atoms with Crippen LogP contribution in [0.25, 0.3) is 22.4 Å². The maximum atomic E-state index is 13.4. The van der Waals surface area contributed by atoms with Gasteiger partial charge in [-0.05, 0) is 56.2 Å². The Labute approximate surface area is 190 Å². The van der Waals surface area contributed by atoms with E-state index in [-0.39, 0.29) is 5.56 Å². The number of benzene rings is 2. The molecule has 3 aromatic heterocycles. The van der Waals surface area contributed by atoms with Crippen LogP contribution in [-0.4, -0.2) is 23.9 Å². The zero-order chi connectivity index (χ0) is 22.2. The molecule has 3 heterocycles. The van der Waals surface area contributed by atoms with Gasteiger partial charge >= 0.3 is 0 Å². The van der Waals surface area contributed by atoms with Crippen LogP contribution in [0.1, 0.15) is 29.6 Å². The lowest BCUT2D eigenvalue weighted by Gasteiger charge is -2.13. The van der Waals surface area contributed by atoms with Gasteiger partial charge in [0.25, 0.3) is 5.56 Å². The van der Waals surface area contributed by atoms with Crippen LogP contribution in [0, 0.1) is 13.8 Å². The van der Waals surface area contributed by atoms with Crippen molar-refractivity contribution in [1.82, 2.24) is 23.9 Å². The molecule has 0 aliphatic rings. The molecule has 7 heteroatoms. The average Bonchev–Trinajstić information content (AvgIpc) is 3.21. The second-order valence-corrected chi connectivity index (χ2v) is 8.74. The fourth-order valence-corrected chi connectivity index (χ4v) is 4.74. The largest absolute Gasteiger partial charge is 0.288 e. The lowest BCUT2D eigenvalue weighted by molar-refractivity contribution is 0.818. The number of nitrogens with zero attached hydrogens (tertiary/aromatic N) is 5. The Hall–Kier alpha value is -3.45. The Balaban J connectivity index is 1.58. The van der Waals surface area contributed by atoms with Gasteiger partial charge in [-0.15, -0.1) is 0 Å². The number of para-hydroxylation sites is 1. The van der Waals surface area contributed by atoms with Crippen molar-refractivity contribution in [2.24, 2.45) is 0 Å². The molecule has 0 fully saturated rings. The maximum Gasteiger partial charge on any atom is 0.266 e. The third kappa shape index (κ3) is 3.69. The molecule has 160 valence electrons. The standard InChI is InChI=1S/C25H23N5OS/c1-4-18-9-11-20(12-10-18)30-23(31)21-7-5-6-8-22(21)28-25(30)32-15-19-14-29-17(3)13-16(2)26-24(29)27-19/h5-14H,4,15H2,1-3H3. The predicted molar refractivity (Wildman–Crippen MR) is 129 cm³/mol. The van der Waals surface area contributed by atoms with Crippen LogP contribution >= 0.6 is 11.8 Å². The van der Waals surface area contributed by atoms with Gasteiger partial charge in [0, 0.05) is 23.3 Å². The molecule has 0 unspecified atom stereocenters. The number of aryl methyl sites for hydroxylation is 3. The first kappa shape index (κ1) is 20.5. The molecule has 2 aromatic carbocycles. The molecule has 0 N–H and O–H groups in total. The number of hydrogen-bond acceptors (Lipinski definition) is 5. The van der Waals surface area contributed by atoms with E-state index in [4.69, 9.17) is 4.98 Å². The molecular formula is C25H23N5OS. The van der Waals surface area contributed by atoms with Gasteiger partial charge in [0.2, 0.25) is 5.78 Å². The molecule has 0 amide bonds. The van der Waals surface area contributed by atoms with E-state index in [9.17, 15) is 4.79 Å². The summed E-state index contributed by atoms with van der Waals surface area (Å²) in [7, 11) is 0. The molecule has 0 aliphatic heterocycles. The lowest BCUT2D eigenvalue weighted by Crippen LogP contribution is -2.21. The molecule has 32 heavy (non-hydrogen) atoms. The lowest BCUT2D eigenvalue weighted by atomic mass is 10.1. The molecule has 6 nitrogen and oxygen atoms in total. The highest BCUT2D eigenvalue weighted by atomic mass is 32.2. The molecule has 0 bridgehead atoms. The fourth-order valence-electron chi connectivity index (χ4n) is 3.84. The second-order valence-electron chi connectivity index (χ2n) is 7.80. The molecule has 0 spiro atoms. The van der Waals surface area contributed by atoms with Crippen molar-refractivity contribution in [1.29, 1.82) is 0 Å². The van der Waals surface area contributed by atoms with Gasteiger partial charge in [0.1, 0.15) is 0 Å². The Morgan fingerprint density at radius 3 is 2.53 bits per heavy atom. The van der Waals surface area contributed by atoms with E-state index in [1.165, 1.54) is 17.3 Å². The van der Waals surface area contributed by atoms with Gasteiger partial charge in [-0.25, -0.2) is 15.0 Å². The first-order chi connectivity index (χ1) is 15.5. The molecule has 5 rings (SSSR count). The van der Waals surface area contributed by atoms with Crippen molar-refractivity contribution in [3.8, 4) is 5.69 Å². The number of thioether (sulfide) groups is 1. The fraction of sp³-hybridized carbons (Fsp3) is 0.200. The zero-order valence-electron chi connectivity index (χ0n) is 18.2. The van der Waals surface area contributed by atoms with Crippen molar-refractivity contribution in [3.05, 3.63) is 93.8 Å². The predicted octanol–water partition coefficient (Wildman–Crippen LogP) is 4.90. The molecule has 0 saturated carbocycles. The summed E-state index contributed by atoms with van der Waals surface area (Å²) in [5.74, 6) is 1.27. The summed E-state index contributed by atoms with van der Waals surface area (Å²) in [6.45, 7) is 6.13. The van der Waals surface area contributed by atoms with Crippen LogP contribution in [0.3, 0.4) is 0 Å². The number of imidazole rings is 1. The average molecular weight is 442 g/mol. The Kier molecular flexibility index (Phi) is 5.27. The van der Waals surface area contributed by atoms with Crippen molar-refractivity contribution in [3.63, 3.8) is 0 Å². The van der Waals surface area contributed by atoms with Crippen molar-refractivity contribution < 1.29 is 0 Å². The minimum absolute atomic E-state index is 0.0644. The third-order valence-corrected chi connectivity index (χ3v) is 6.48. The summed E-state index contributed by atoms with van der Waals surface area (Å²) in [5, 5.41) is 1.26. The summed E-state index contributed by atoms with van der Waals surface area (Å²) >= 11 is 1.51. The maximum absolute atomic E-state index is 13.4. The highest BCUT2D eigenvalue weighted by Gasteiger charge is 2.15. The quantitative estimate of drug-likeness (QED) is 0.287. The van der Waals surface area contributed by atoms with Crippen LogP contribution in [0.15, 0.2) is 70.7 Å². The monoisotopic (exact) mass is 441 g/mol. The van der Waals surface area contributed by atoms with Gasteiger partial charge in [-0.1, -0.05) is 43.0 Å². The normalized spacial score (nSPS) is 11.5. The number of fused-ring (bicyclic) bond motifs is 2. The Morgan fingerprint density at radius 2 is 1.75 bits per heavy atom. The summed E-state index contributed by atoms with van der Waals surface area (Å²) in [6.07, 6.45) is 2.96. The summed E-state index contributed by atoms with van der Waals surface area (Å²) in [6, 6.07) is 17.6. The third-order valence-electron chi connectivity index (χ3n) is 5.51. The molecule has 0 aliphatic carbocycles. The van der Waals surface area contributed by atoms with Crippen LogP contribution in [-0.2, 0) is 12.2 Å². The Bertz CT molecular complexity index is 1500. The molecule has 5 aromatic rings. The van der Waals surface area contributed by atoms with E-state index in [0.717, 1.165) is 29.2 Å². The van der Waals surface area contributed by atoms with E-state index in [0.29, 0.717) is 27.6 Å². The van der Waals surface area contributed by atoms with Gasteiger partial charge in [-0.2, -0.15) is 0 Å². The number of rotatable bonds is 5. The van der Waals surface area contributed by atoms with Crippen molar-refractivity contribution in [2.75, 3.05) is 0 Å². The van der Waals surface area contributed by atoms with Gasteiger partial charge in [-0.3, -0.25) is 13.8 Å². The molecule has 0 radical (unpaired) electrons. The molecule has 0 saturated heterocycles. The van der Waals surface area contributed by atoms with Gasteiger partial charge in [0.15, 0.2) is 5.16 Å². The van der Waals surface area contributed by atoms with E-state index in [1.54, 1.807) is 4.57 Å². The minimum Gasteiger partial charge on any atom is -0.288 e. The Morgan fingerprint density at radius 1 is 0.969 bits per heavy atom. The SMILES string of the molecule is CCc1ccc(-n2c(SCc3cn4c(C)cc(C)nc4n3)nc3ccccc3c2=O)cc1. The topological polar surface area (TPSA) is 65.1 Å². The summed E-state index contributed by atoms with van der Waals surface area (Å²) in [5.41, 5.74) is 5.61. The van der Waals surface area contributed by atoms with Crippen molar-refractivity contribution >= 4 is 28.4 Å². The summed E-state index contributed by atoms with van der Waals surface area (Å²) in [4.78, 5) is 27.4. The van der Waals surface area contributed by atoms with Crippen molar-refractivity contribution in [2.45, 2.75) is 38.1 Å². The first-order valence-corrected chi connectivity index (χ1v) is 11.6. The minimum atomic E-state index is -0.0644. The van der Waals surface area contributed by atoms with Crippen LogP contribution in [0.5, 0.6) is 0 Å². The highest BCUT2D eigenvalue weighted by Crippen LogP contribution is 2.25. The van der Waals surface area contributed by atoms with Gasteiger partial charge in [0.05, 0.1) is 22.3 Å². The first-order valence-electron chi connectivity index (χ1n) is 10.6. The van der Waals surface area contributed by atoms with E-state index < -0.39 is 0 Å². The van der Waals surface area contributed by atoms with Gasteiger partial charge < -0.3 is 0 Å². The molecule has 0 atom stereocenters. The zero-order valence-corrected chi connectivity index (χ0v) is 19.1.